The summed E-state index contributed by atoms with van der Waals surface area (Å²) in [6, 6.07) is 8.66. The molecule has 0 radical (unpaired) electrons. The van der Waals surface area contributed by atoms with E-state index in [9.17, 15) is 4.39 Å². The van der Waals surface area contributed by atoms with E-state index in [-0.39, 0.29) is 11.7 Å². The summed E-state index contributed by atoms with van der Waals surface area (Å²) >= 11 is 0. The SMILES string of the molecule is CNCC1Cc2c(F)cccc2Oc2cccnc21. The van der Waals surface area contributed by atoms with E-state index >= 15 is 0 Å². The van der Waals surface area contributed by atoms with E-state index in [2.05, 4.69) is 10.3 Å². The van der Waals surface area contributed by atoms with E-state index in [1.165, 1.54) is 6.07 Å². The molecular weight excluding hydrogens is 243 g/mol. The van der Waals surface area contributed by atoms with Crippen molar-refractivity contribution in [3.63, 3.8) is 0 Å². The topological polar surface area (TPSA) is 34.1 Å². The number of hydrogen-bond donors (Lipinski definition) is 1. The van der Waals surface area contributed by atoms with Gasteiger partial charge < -0.3 is 10.1 Å². The van der Waals surface area contributed by atoms with Crippen molar-refractivity contribution < 1.29 is 9.13 Å². The summed E-state index contributed by atoms with van der Waals surface area (Å²) in [4.78, 5) is 4.40. The van der Waals surface area contributed by atoms with E-state index < -0.39 is 0 Å². The van der Waals surface area contributed by atoms with Gasteiger partial charge in [0.1, 0.15) is 17.3 Å². The highest BCUT2D eigenvalue weighted by Gasteiger charge is 2.25. The fourth-order valence-electron chi connectivity index (χ4n) is 2.51. The third-order valence-corrected chi connectivity index (χ3v) is 3.38. The lowest BCUT2D eigenvalue weighted by Crippen LogP contribution is -2.19. The van der Waals surface area contributed by atoms with Gasteiger partial charge >= 0.3 is 0 Å². The Morgan fingerprint density at radius 1 is 1.32 bits per heavy atom. The summed E-state index contributed by atoms with van der Waals surface area (Å²) in [5, 5.41) is 3.14. The van der Waals surface area contributed by atoms with Crippen molar-refractivity contribution in [3.05, 3.63) is 53.6 Å². The molecule has 0 fully saturated rings. The van der Waals surface area contributed by atoms with Gasteiger partial charge in [0.15, 0.2) is 0 Å². The number of rotatable bonds is 2. The van der Waals surface area contributed by atoms with Crippen LogP contribution in [-0.4, -0.2) is 18.6 Å². The van der Waals surface area contributed by atoms with Crippen molar-refractivity contribution in [3.8, 4) is 11.5 Å². The van der Waals surface area contributed by atoms with Gasteiger partial charge in [0.2, 0.25) is 0 Å². The molecule has 0 bridgehead atoms. The van der Waals surface area contributed by atoms with Gasteiger partial charge in [-0.15, -0.1) is 0 Å². The molecule has 0 saturated carbocycles. The third-order valence-electron chi connectivity index (χ3n) is 3.38. The highest BCUT2D eigenvalue weighted by Crippen LogP contribution is 2.38. The van der Waals surface area contributed by atoms with Gasteiger partial charge in [-0.1, -0.05) is 6.07 Å². The van der Waals surface area contributed by atoms with Crippen LogP contribution in [0.4, 0.5) is 4.39 Å². The molecule has 98 valence electrons. The van der Waals surface area contributed by atoms with Crippen molar-refractivity contribution in [2.45, 2.75) is 12.3 Å². The van der Waals surface area contributed by atoms with Crippen molar-refractivity contribution in [2.75, 3.05) is 13.6 Å². The van der Waals surface area contributed by atoms with Crippen LogP contribution in [0.15, 0.2) is 36.5 Å². The molecule has 0 amide bonds. The lowest BCUT2D eigenvalue weighted by Gasteiger charge is -2.14. The molecule has 1 unspecified atom stereocenters. The van der Waals surface area contributed by atoms with Gasteiger partial charge in [0, 0.05) is 24.2 Å². The number of ether oxygens (including phenoxy) is 1. The highest BCUT2D eigenvalue weighted by atomic mass is 19.1. The molecule has 3 nitrogen and oxygen atoms in total. The number of nitrogens with one attached hydrogen (secondary N) is 1. The highest BCUT2D eigenvalue weighted by molar-refractivity contribution is 5.45. The molecule has 4 heteroatoms. The minimum absolute atomic E-state index is 0.111. The zero-order valence-electron chi connectivity index (χ0n) is 10.7. The van der Waals surface area contributed by atoms with Crippen LogP contribution in [0.1, 0.15) is 17.2 Å². The summed E-state index contributed by atoms with van der Waals surface area (Å²) in [6.07, 6.45) is 2.34. The van der Waals surface area contributed by atoms with E-state index in [1.54, 1.807) is 18.3 Å². The summed E-state index contributed by atoms with van der Waals surface area (Å²) < 4.78 is 19.8. The van der Waals surface area contributed by atoms with Crippen LogP contribution in [0.3, 0.4) is 0 Å². The Morgan fingerprint density at radius 2 is 2.16 bits per heavy atom. The fraction of sp³-hybridized carbons (Fsp3) is 0.267. The zero-order chi connectivity index (χ0) is 13.2. The van der Waals surface area contributed by atoms with Gasteiger partial charge in [-0.2, -0.15) is 0 Å². The summed E-state index contributed by atoms with van der Waals surface area (Å²) in [6.45, 7) is 0.737. The van der Waals surface area contributed by atoms with Crippen LogP contribution >= 0.6 is 0 Å². The Labute approximate surface area is 111 Å². The predicted octanol–water partition coefficient (Wildman–Crippen LogP) is 2.87. The Morgan fingerprint density at radius 3 is 3.00 bits per heavy atom. The number of hydrogen-bond acceptors (Lipinski definition) is 3. The summed E-state index contributed by atoms with van der Waals surface area (Å²) in [7, 11) is 1.89. The molecule has 1 aromatic carbocycles. The van der Waals surface area contributed by atoms with E-state index in [0.717, 1.165) is 12.2 Å². The maximum absolute atomic E-state index is 14.0. The molecule has 1 aliphatic rings. The molecule has 2 heterocycles. The number of halogens is 1. The fourth-order valence-corrected chi connectivity index (χ4v) is 2.51. The lowest BCUT2D eigenvalue weighted by molar-refractivity contribution is 0.469. The van der Waals surface area contributed by atoms with Gasteiger partial charge in [0.05, 0.1) is 5.69 Å². The van der Waals surface area contributed by atoms with E-state index in [4.69, 9.17) is 4.74 Å². The number of likely N-dealkylation sites (N-methyl/N-ethyl adjacent to an activating group) is 1. The second-order valence-electron chi connectivity index (χ2n) is 4.66. The second kappa shape index (κ2) is 4.97. The van der Waals surface area contributed by atoms with Crippen LogP contribution in [0.2, 0.25) is 0 Å². The molecule has 0 saturated heterocycles. The van der Waals surface area contributed by atoms with Crippen LogP contribution in [0, 0.1) is 5.82 Å². The first-order valence-electron chi connectivity index (χ1n) is 6.34. The van der Waals surface area contributed by atoms with Crippen LogP contribution in [0.25, 0.3) is 0 Å². The van der Waals surface area contributed by atoms with Crippen LogP contribution < -0.4 is 10.1 Å². The second-order valence-corrected chi connectivity index (χ2v) is 4.66. The maximum atomic E-state index is 14.0. The minimum Gasteiger partial charge on any atom is -0.455 e. The quantitative estimate of drug-likeness (QED) is 0.899. The molecule has 0 spiro atoms. The summed E-state index contributed by atoms with van der Waals surface area (Å²) in [5.74, 6) is 1.20. The average Bonchev–Trinajstić information content (AvgIpc) is 2.57. The predicted molar refractivity (Wildman–Crippen MR) is 71.1 cm³/mol. The molecule has 1 aromatic heterocycles. The van der Waals surface area contributed by atoms with Crippen LogP contribution in [0.5, 0.6) is 11.5 Å². The zero-order valence-corrected chi connectivity index (χ0v) is 10.7. The van der Waals surface area contributed by atoms with Crippen molar-refractivity contribution in [1.29, 1.82) is 0 Å². The molecular formula is C15H15FN2O. The molecule has 1 N–H and O–H groups in total. The first-order valence-corrected chi connectivity index (χ1v) is 6.34. The first kappa shape index (κ1) is 12.1. The summed E-state index contributed by atoms with van der Waals surface area (Å²) in [5.41, 5.74) is 1.51. The number of nitrogens with zero attached hydrogens (tertiary/aromatic N) is 1. The Hall–Kier alpha value is -1.94. The van der Waals surface area contributed by atoms with E-state index in [1.807, 2.05) is 19.2 Å². The maximum Gasteiger partial charge on any atom is 0.149 e. The van der Waals surface area contributed by atoms with Crippen LogP contribution in [-0.2, 0) is 6.42 Å². The number of aromatic nitrogens is 1. The van der Waals surface area contributed by atoms with E-state index in [0.29, 0.717) is 23.5 Å². The van der Waals surface area contributed by atoms with Gasteiger partial charge in [-0.05, 0) is 37.7 Å². The molecule has 3 rings (SSSR count). The average molecular weight is 258 g/mol. The molecule has 19 heavy (non-hydrogen) atoms. The van der Waals surface area contributed by atoms with Crippen molar-refractivity contribution in [2.24, 2.45) is 0 Å². The third kappa shape index (κ3) is 2.19. The van der Waals surface area contributed by atoms with Crippen molar-refractivity contribution >= 4 is 0 Å². The Bertz CT molecular complexity index is 600. The molecule has 2 aromatic rings. The monoisotopic (exact) mass is 258 g/mol. The first-order chi connectivity index (χ1) is 9.29. The largest absolute Gasteiger partial charge is 0.455 e. The van der Waals surface area contributed by atoms with Gasteiger partial charge in [-0.3, -0.25) is 4.98 Å². The van der Waals surface area contributed by atoms with Gasteiger partial charge in [0.25, 0.3) is 0 Å². The smallest absolute Gasteiger partial charge is 0.149 e. The standard InChI is InChI=1S/C15H15FN2O/c1-17-9-10-8-11-12(16)4-2-5-13(11)19-14-6-3-7-18-15(10)14/h2-7,10,17H,8-9H2,1H3. The number of pyridine rings is 1. The molecule has 1 atom stereocenters. The van der Waals surface area contributed by atoms with Gasteiger partial charge in [-0.25, -0.2) is 4.39 Å². The molecule has 0 aliphatic carbocycles. The van der Waals surface area contributed by atoms with Crippen molar-refractivity contribution in [1.82, 2.24) is 10.3 Å². The number of benzene rings is 1. The Balaban J connectivity index is 2.12. The normalized spacial score (nSPS) is 17.1. The lowest BCUT2D eigenvalue weighted by atomic mass is 9.95. The number of fused-ring (bicyclic) bond motifs is 2. The Kier molecular flexibility index (Phi) is 3.17. The molecule has 1 aliphatic heterocycles. The minimum atomic E-state index is -0.216.